The van der Waals surface area contributed by atoms with Crippen molar-refractivity contribution in [2.75, 3.05) is 19.6 Å². The van der Waals surface area contributed by atoms with Crippen LogP contribution < -0.4 is 4.72 Å². The molecule has 1 N–H and O–H groups in total. The fourth-order valence-electron chi connectivity index (χ4n) is 3.10. The minimum absolute atomic E-state index is 0.364. The summed E-state index contributed by atoms with van der Waals surface area (Å²) >= 11 is 3.02. The van der Waals surface area contributed by atoms with E-state index in [1.54, 1.807) is 28.8 Å². The zero-order chi connectivity index (χ0) is 17.2. The standard InChI is InChI=1S/C16H23N3O2S3/c1-12-15(23-13(2)18-12)11-19-7-3-5-14(10-19)9-17-24(20,21)16-6-4-8-22-16/h4,6,8,14,17H,3,5,7,9-11H2,1-2H3/t14-/m0/s1. The zero-order valence-electron chi connectivity index (χ0n) is 14.0. The molecule has 8 heteroatoms. The summed E-state index contributed by atoms with van der Waals surface area (Å²) in [4.78, 5) is 8.24. The van der Waals surface area contributed by atoms with Gasteiger partial charge in [0.1, 0.15) is 4.21 Å². The van der Waals surface area contributed by atoms with Crippen molar-refractivity contribution in [2.45, 2.75) is 37.4 Å². The minimum Gasteiger partial charge on any atom is -0.298 e. The predicted octanol–water partition coefficient (Wildman–Crippen LogP) is 3.01. The van der Waals surface area contributed by atoms with Gasteiger partial charge < -0.3 is 0 Å². The van der Waals surface area contributed by atoms with Gasteiger partial charge in [-0.2, -0.15) is 0 Å². The fraction of sp³-hybridized carbons (Fsp3) is 0.562. The highest BCUT2D eigenvalue weighted by Gasteiger charge is 2.23. The Balaban J connectivity index is 1.55. The molecule has 0 amide bonds. The van der Waals surface area contributed by atoms with E-state index in [0.29, 0.717) is 16.7 Å². The summed E-state index contributed by atoms with van der Waals surface area (Å²) in [6, 6.07) is 3.41. The van der Waals surface area contributed by atoms with Crippen LogP contribution in [0.2, 0.25) is 0 Å². The second-order valence-corrected chi connectivity index (χ2v) is 10.5. The zero-order valence-corrected chi connectivity index (χ0v) is 16.4. The predicted molar refractivity (Wildman–Crippen MR) is 99.1 cm³/mol. The van der Waals surface area contributed by atoms with Crippen LogP contribution in [-0.4, -0.2) is 37.9 Å². The Bertz CT molecular complexity index is 769. The van der Waals surface area contributed by atoms with E-state index in [2.05, 4.69) is 21.5 Å². The first-order valence-electron chi connectivity index (χ1n) is 8.12. The Hall–Kier alpha value is -0.800. The number of thiazole rings is 1. The van der Waals surface area contributed by atoms with Crippen LogP contribution in [0.25, 0.3) is 0 Å². The number of rotatable bonds is 6. The molecule has 5 nitrogen and oxygen atoms in total. The molecule has 0 aromatic carbocycles. The first-order chi connectivity index (χ1) is 11.4. The van der Waals surface area contributed by atoms with E-state index in [0.717, 1.165) is 43.2 Å². The number of hydrogen-bond donors (Lipinski definition) is 1. The van der Waals surface area contributed by atoms with Gasteiger partial charge in [0.15, 0.2) is 0 Å². The molecule has 1 aliphatic rings. The highest BCUT2D eigenvalue weighted by molar-refractivity contribution is 7.91. The van der Waals surface area contributed by atoms with Crippen molar-refractivity contribution in [1.82, 2.24) is 14.6 Å². The van der Waals surface area contributed by atoms with Gasteiger partial charge in [-0.3, -0.25) is 4.90 Å². The Kier molecular flexibility index (Phi) is 5.71. The molecule has 0 unspecified atom stereocenters. The van der Waals surface area contributed by atoms with E-state index in [4.69, 9.17) is 0 Å². The Labute approximate surface area is 151 Å². The molecule has 2 aromatic rings. The second kappa shape index (κ2) is 7.61. The summed E-state index contributed by atoms with van der Waals surface area (Å²) in [5.41, 5.74) is 1.12. The lowest BCUT2D eigenvalue weighted by Crippen LogP contribution is -2.40. The monoisotopic (exact) mass is 385 g/mol. The molecule has 132 valence electrons. The van der Waals surface area contributed by atoms with E-state index >= 15 is 0 Å². The van der Waals surface area contributed by atoms with Crippen LogP contribution in [0.4, 0.5) is 0 Å². The first-order valence-corrected chi connectivity index (χ1v) is 11.3. The third-order valence-electron chi connectivity index (χ3n) is 4.29. The lowest BCUT2D eigenvalue weighted by Gasteiger charge is -2.32. The van der Waals surface area contributed by atoms with E-state index in [-0.39, 0.29) is 0 Å². The maximum absolute atomic E-state index is 12.2. The third kappa shape index (κ3) is 4.43. The summed E-state index contributed by atoms with van der Waals surface area (Å²) < 4.78 is 27.6. The molecule has 3 rings (SSSR count). The lowest BCUT2D eigenvalue weighted by atomic mass is 9.98. The van der Waals surface area contributed by atoms with Gasteiger partial charge in [-0.15, -0.1) is 22.7 Å². The van der Waals surface area contributed by atoms with Crippen molar-refractivity contribution in [1.29, 1.82) is 0 Å². The van der Waals surface area contributed by atoms with Crippen LogP contribution in [0.1, 0.15) is 28.4 Å². The van der Waals surface area contributed by atoms with Gasteiger partial charge in [-0.05, 0) is 50.6 Å². The summed E-state index contributed by atoms with van der Waals surface area (Å²) in [5.74, 6) is 0.364. The van der Waals surface area contributed by atoms with Crippen LogP contribution >= 0.6 is 22.7 Å². The number of nitrogens with one attached hydrogen (secondary N) is 1. The highest BCUT2D eigenvalue weighted by atomic mass is 32.2. The molecule has 1 fully saturated rings. The number of nitrogens with zero attached hydrogens (tertiary/aromatic N) is 2. The topological polar surface area (TPSA) is 62.3 Å². The number of aryl methyl sites for hydroxylation is 2. The average molecular weight is 386 g/mol. The van der Waals surface area contributed by atoms with Gasteiger partial charge in [0.05, 0.1) is 10.7 Å². The molecule has 0 saturated carbocycles. The van der Waals surface area contributed by atoms with E-state index in [1.807, 2.05) is 6.92 Å². The van der Waals surface area contributed by atoms with Gasteiger partial charge in [0.25, 0.3) is 0 Å². The SMILES string of the molecule is Cc1nc(C)c(CN2CCC[C@@H](CNS(=O)(=O)c3cccs3)C2)s1. The van der Waals surface area contributed by atoms with Crippen LogP contribution in [0.5, 0.6) is 0 Å². The van der Waals surface area contributed by atoms with Crippen molar-refractivity contribution in [3.8, 4) is 0 Å². The van der Waals surface area contributed by atoms with Crippen LogP contribution in [0.3, 0.4) is 0 Å². The molecule has 0 bridgehead atoms. The first kappa shape index (κ1) is 18.0. The highest BCUT2D eigenvalue weighted by Crippen LogP contribution is 2.23. The molecule has 3 heterocycles. The molecule has 24 heavy (non-hydrogen) atoms. The number of thiophene rings is 1. The summed E-state index contributed by atoms with van der Waals surface area (Å²) in [6.07, 6.45) is 2.19. The Morgan fingerprint density at radius 1 is 1.42 bits per heavy atom. The molecule has 0 spiro atoms. The van der Waals surface area contributed by atoms with E-state index in [9.17, 15) is 8.42 Å². The van der Waals surface area contributed by atoms with Gasteiger partial charge in [0, 0.05) is 24.5 Å². The molecule has 0 aliphatic carbocycles. The number of hydrogen-bond acceptors (Lipinski definition) is 6. The number of piperidine rings is 1. The van der Waals surface area contributed by atoms with Crippen LogP contribution in [-0.2, 0) is 16.6 Å². The second-order valence-electron chi connectivity index (χ2n) is 6.27. The maximum Gasteiger partial charge on any atom is 0.250 e. The number of sulfonamides is 1. The number of likely N-dealkylation sites (tertiary alicyclic amines) is 1. The van der Waals surface area contributed by atoms with Gasteiger partial charge >= 0.3 is 0 Å². The molecular formula is C16H23N3O2S3. The molecule has 0 radical (unpaired) electrons. The smallest absolute Gasteiger partial charge is 0.250 e. The molecule has 1 saturated heterocycles. The Morgan fingerprint density at radius 3 is 2.92 bits per heavy atom. The minimum atomic E-state index is -3.35. The maximum atomic E-state index is 12.2. The van der Waals surface area contributed by atoms with Crippen LogP contribution in [0.15, 0.2) is 21.7 Å². The molecule has 2 aromatic heterocycles. The fourth-order valence-corrected chi connectivity index (χ4v) is 6.23. The number of aromatic nitrogens is 1. The largest absolute Gasteiger partial charge is 0.298 e. The molecular weight excluding hydrogens is 362 g/mol. The van der Waals surface area contributed by atoms with Gasteiger partial charge in [-0.1, -0.05) is 6.07 Å². The Morgan fingerprint density at radius 2 is 2.25 bits per heavy atom. The van der Waals surface area contributed by atoms with Crippen LogP contribution in [0, 0.1) is 19.8 Å². The van der Waals surface area contributed by atoms with Crippen molar-refractivity contribution >= 4 is 32.7 Å². The van der Waals surface area contributed by atoms with Crippen molar-refractivity contribution in [2.24, 2.45) is 5.92 Å². The van der Waals surface area contributed by atoms with E-state index in [1.165, 1.54) is 16.2 Å². The van der Waals surface area contributed by atoms with E-state index < -0.39 is 10.0 Å². The normalized spacial score (nSPS) is 19.7. The van der Waals surface area contributed by atoms with Crippen molar-refractivity contribution in [3.63, 3.8) is 0 Å². The van der Waals surface area contributed by atoms with Crippen molar-refractivity contribution < 1.29 is 8.42 Å². The third-order valence-corrected chi connectivity index (χ3v) is 8.17. The average Bonchev–Trinajstić information content (AvgIpc) is 3.17. The summed E-state index contributed by atoms with van der Waals surface area (Å²) in [6.45, 7) is 7.55. The lowest BCUT2D eigenvalue weighted by molar-refractivity contribution is 0.170. The molecule has 1 aliphatic heterocycles. The van der Waals surface area contributed by atoms with Gasteiger partial charge in [0.2, 0.25) is 10.0 Å². The summed E-state index contributed by atoms with van der Waals surface area (Å²) in [5, 5.41) is 2.90. The quantitative estimate of drug-likeness (QED) is 0.830. The van der Waals surface area contributed by atoms with Crippen molar-refractivity contribution in [3.05, 3.63) is 33.1 Å². The summed E-state index contributed by atoms with van der Waals surface area (Å²) in [7, 11) is -3.35. The molecule has 1 atom stereocenters. The van der Waals surface area contributed by atoms with Gasteiger partial charge in [-0.25, -0.2) is 18.1 Å².